The van der Waals surface area contributed by atoms with Crippen molar-refractivity contribution in [2.24, 2.45) is 0 Å². The zero-order chi connectivity index (χ0) is 21.8. The highest BCUT2D eigenvalue weighted by Gasteiger charge is 2.29. The van der Waals surface area contributed by atoms with Crippen LogP contribution in [-0.2, 0) is 16.4 Å². The quantitative estimate of drug-likeness (QED) is 0.671. The fourth-order valence-corrected chi connectivity index (χ4v) is 6.22. The van der Waals surface area contributed by atoms with E-state index in [-0.39, 0.29) is 16.8 Å². The second kappa shape index (κ2) is 9.61. The standard InChI is InChI=1S/C24H29ClN2O3S/c25-20-11-13-22(14-12-20)31(29,30)27-16-6-7-18-17-19(10-15-23(18)27)24(28)26-21-8-4-2-1-3-5-9-21/h10-15,17,21H,1-9,16H2,(H,26,28). The number of fused-ring (bicyclic) bond motifs is 1. The fraction of sp³-hybridized carbons (Fsp3) is 0.458. The molecule has 1 aliphatic carbocycles. The Morgan fingerprint density at radius 3 is 2.32 bits per heavy atom. The number of carbonyl (C=O) groups is 1. The number of nitrogens with one attached hydrogen (secondary N) is 1. The molecule has 0 atom stereocenters. The number of halogens is 1. The lowest BCUT2D eigenvalue weighted by atomic mass is 9.96. The van der Waals surface area contributed by atoms with Gasteiger partial charge in [0.05, 0.1) is 10.6 Å². The first kappa shape index (κ1) is 22.2. The Morgan fingerprint density at radius 1 is 0.935 bits per heavy atom. The molecule has 1 N–H and O–H groups in total. The number of sulfonamides is 1. The van der Waals surface area contributed by atoms with Crippen LogP contribution in [0.2, 0.25) is 5.02 Å². The molecule has 5 nitrogen and oxygen atoms in total. The first-order valence-electron chi connectivity index (χ1n) is 11.2. The minimum atomic E-state index is -3.68. The fourth-order valence-electron chi connectivity index (χ4n) is 4.56. The molecule has 1 amide bonds. The molecule has 31 heavy (non-hydrogen) atoms. The number of carbonyl (C=O) groups excluding carboxylic acids is 1. The van der Waals surface area contributed by atoms with Crippen LogP contribution in [0.3, 0.4) is 0 Å². The van der Waals surface area contributed by atoms with Crippen molar-refractivity contribution in [3.8, 4) is 0 Å². The average Bonchev–Trinajstić information content (AvgIpc) is 2.75. The molecular formula is C24H29ClN2O3S. The second-order valence-electron chi connectivity index (χ2n) is 8.49. The van der Waals surface area contributed by atoms with E-state index in [4.69, 9.17) is 11.6 Å². The van der Waals surface area contributed by atoms with Crippen molar-refractivity contribution in [1.82, 2.24) is 5.32 Å². The molecule has 0 spiro atoms. The van der Waals surface area contributed by atoms with E-state index in [0.29, 0.717) is 29.2 Å². The monoisotopic (exact) mass is 460 g/mol. The number of nitrogens with zero attached hydrogens (tertiary/aromatic N) is 1. The van der Waals surface area contributed by atoms with Gasteiger partial charge in [0.15, 0.2) is 0 Å². The minimum absolute atomic E-state index is 0.0638. The molecule has 2 aromatic carbocycles. The van der Waals surface area contributed by atoms with Crippen LogP contribution in [0, 0.1) is 0 Å². The third-order valence-corrected chi connectivity index (χ3v) is 8.34. The summed E-state index contributed by atoms with van der Waals surface area (Å²) in [4.78, 5) is 13.1. The van der Waals surface area contributed by atoms with Gasteiger partial charge in [-0.2, -0.15) is 0 Å². The van der Waals surface area contributed by atoms with Crippen molar-refractivity contribution in [3.05, 3.63) is 58.6 Å². The maximum absolute atomic E-state index is 13.2. The van der Waals surface area contributed by atoms with Crippen LogP contribution >= 0.6 is 11.6 Å². The summed E-state index contributed by atoms with van der Waals surface area (Å²) in [5, 5.41) is 3.70. The molecule has 1 saturated carbocycles. The zero-order valence-corrected chi connectivity index (χ0v) is 19.2. The van der Waals surface area contributed by atoms with Gasteiger partial charge in [0, 0.05) is 23.2 Å². The summed E-state index contributed by atoms with van der Waals surface area (Å²) in [6.07, 6.45) is 9.63. The smallest absolute Gasteiger partial charge is 0.264 e. The van der Waals surface area contributed by atoms with Crippen molar-refractivity contribution in [2.75, 3.05) is 10.8 Å². The van der Waals surface area contributed by atoms with Crippen LogP contribution in [0.5, 0.6) is 0 Å². The van der Waals surface area contributed by atoms with Gasteiger partial charge in [-0.05, 0) is 73.7 Å². The molecule has 0 unspecified atom stereocenters. The molecule has 0 radical (unpaired) electrons. The van der Waals surface area contributed by atoms with Gasteiger partial charge in [0.1, 0.15) is 0 Å². The SMILES string of the molecule is O=C(NC1CCCCCCC1)c1ccc2c(c1)CCCN2S(=O)(=O)c1ccc(Cl)cc1. The van der Waals surface area contributed by atoms with Crippen LogP contribution in [-0.4, -0.2) is 26.9 Å². The lowest BCUT2D eigenvalue weighted by Crippen LogP contribution is -2.37. The molecular weight excluding hydrogens is 432 g/mol. The molecule has 2 aromatic rings. The molecule has 166 valence electrons. The number of hydrogen-bond donors (Lipinski definition) is 1. The summed E-state index contributed by atoms with van der Waals surface area (Å²) in [7, 11) is -3.68. The van der Waals surface area contributed by atoms with Crippen molar-refractivity contribution < 1.29 is 13.2 Å². The Morgan fingerprint density at radius 2 is 1.61 bits per heavy atom. The number of aryl methyl sites for hydroxylation is 1. The van der Waals surface area contributed by atoms with Gasteiger partial charge >= 0.3 is 0 Å². The van der Waals surface area contributed by atoms with E-state index >= 15 is 0 Å². The average molecular weight is 461 g/mol. The summed E-state index contributed by atoms with van der Waals surface area (Å²) in [6.45, 7) is 0.422. The van der Waals surface area contributed by atoms with Gasteiger partial charge in [0.25, 0.3) is 15.9 Å². The van der Waals surface area contributed by atoms with Crippen molar-refractivity contribution in [2.45, 2.75) is 68.7 Å². The number of amides is 1. The Balaban J connectivity index is 1.54. The number of hydrogen-bond acceptors (Lipinski definition) is 3. The molecule has 4 rings (SSSR count). The number of benzene rings is 2. The molecule has 1 heterocycles. The summed E-state index contributed by atoms with van der Waals surface area (Å²) in [6, 6.07) is 11.8. The lowest BCUT2D eigenvalue weighted by Gasteiger charge is -2.31. The number of rotatable bonds is 4. The number of anilines is 1. The molecule has 0 bridgehead atoms. The van der Waals surface area contributed by atoms with E-state index in [9.17, 15) is 13.2 Å². The summed E-state index contributed by atoms with van der Waals surface area (Å²) in [5.41, 5.74) is 2.16. The van der Waals surface area contributed by atoms with Crippen LogP contribution in [0.15, 0.2) is 47.4 Å². The van der Waals surface area contributed by atoms with Crippen LogP contribution < -0.4 is 9.62 Å². The highest BCUT2D eigenvalue weighted by molar-refractivity contribution is 7.92. The predicted octanol–water partition coefficient (Wildman–Crippen LogP) is 5.32. The first-order valence-corrected chi connectivity index (χ1v) is 13.0. The van der Waals surface area contributed by atoms with Gasteiger partial charge < -0.3 is 5.32 Å². The van der Waals surface area contributed by atoms with E-state index < -0.39 is 10.0 Å². The van der Waals surface area contributed by atoms with Crippen molar-refractivity contribution >= 4 is 33.2 Å². The Kier molecular flexibility index (Phi) is 6.87. The summed E-state index contributed by atoms with van der Waals surface area (Å²) in [5.74, 6) is -0.0638. The first-order chi connectivity index (χ1) is 14.9. The Labute approximate surface area is 189 Å². The van der Waals surface area contributed by atoms with E-state index in [0.717, 1.165) is 37.7 Å². The zero-order valence-electron chi connectivity index (χ0n) is 17.6. The minimum Gasteiger partial charge on any atom is -0.349 e. The van der Waals surface area contributed by atoms with Gasteiger partial charge in [-0.25, -0.2) is 8.42 Å². The second-order valence-corrected chi connectivity index (χ2v) is 10.8. The van der Waals surface area contributed by atoms with Gasteiger partial charge in [-0.3, -0.25) is 9.10 Å². The van der Waals surface area contributed by atoms with Gasteiger partial charge in [0.2, 0.25) is 0 Å². The van der Waals surface area contributed by atoms with Crippen LogP contribution in [0.4, 0.5) is 5.69 Å². The molecule has 1 fully saturated rings. The third kappa shape index (κ3) is 5.07. The summed E-state index contributed by atoms with van der Waals surface area (Å²) >= 11 is 5.92. The largest absolute Gasteiger partial charge is 0.349 e. The Hall–Kier alpha value is -2.05. The van der Waals surface area contributed by atoms with Crippen molar-refractivity contribution in [3.63, 3.8) is 0 Å². The molecule has 0 saturated heterocycles. The molecule has 7 heteroatoms. The van der Waals surface area contributed by atoms with E-state index in [1.54, 1.807) is 24.3 Å². The highest BCUT2D eigenvalue weighted by Crippen LogP contribution is 2.33. The molecule has 1 aliphatic heterocycles. The van der Waals surface area contributed by atoms with E-state index in [1.165, 1.54) is 35.7 Å². The van der Waals surface area contributed by atoms with Gasteiger partial charge in [-0.1, -0.05) is 43.7 Å². The highest BCUT2D eigenvalue weighted by atomic mass is 35.5. The van der Waals surface area contributed by atoms with E-state index in [1.807, 2.05) is 6.07 Å². The molecule has 2 aliphatic rings. The van der Waals surface area contributed by atoms with Gasteiger partial charge in [-0.15, -0.1) is 0 Å². The van der Waals surface area contributed by atoms with Crippen LogP contribution in [0.25, 0.3) is 0 Å². The predicted molar refractivity (Wildman–Crippen MR) is 124 cm³/mol. The topological polar surface area (TPSA) is 66.5 Å². The van der Waals surface area contributed by atoms with Crippen LogP contribution in [0.1, 0.15) is 67.3 Å². The lowest BCUT2D eigenvalue weighted by molar-refractivity contribution is 0.0930. The van der Waals surface area contributed by atoms with Crippen molar-refractivity contribution in [1.29, 1.82) is 0 Å². The van der Waals surface area contributed by atoms with E-state index in [2.05, 4.69) is 5.32 Å². The third-order valence-electron chi connectivity index (χ3n) is 6.26. The maximum atomic E-state index is 13.2. The Bertz CT molecular complexity index is 1030. The molecule has 0 aromatic heterocycles. The maximum Gasteiger partial charge on any atom is 0.264 e. The summed E-state index contributed by atoms with van der Waals surface area (Å²) < 4.78 is 27.9. The normalized spacial score (nSPS) is 18.0.